The Morgan fingerprint density at radius 1 is 0.929 bits per heavy atom. The van der Waals surface area contributed by atoms with Crippen LogP contribution in [0, 0.1) is 0 Å². The molecule has 0 radical (unpaired) electrons. The summed E-state index contributed by atoms with van der Waals surface area (Å²) in [6, 6.07) is 15.7. The molecule has 6 nitrogen and oxygen atoms in total. The van der Waals surface area contributed by atoms with Gasteiger partial charge in [0.25, 0.3) is 5.56 Å². The average Bonchev–Trinajstić information content (AvgIpc) is 3.13. The van der Waals surface area contributed by atoms with E-state index in [4.69, 9.17) is 4.74 Å². The SMILES string of the molecule is CCc1ccc(-c2[nH]c3c(c2-c2ccc(OC)cc2)c(=O)[nH]c(=O)n3C)cc1. The van der Waals surface area contributed by atoms with Gasteiger partial charge < -0.3 is 9.72 Å². The van der Waals surface area contributed by atoms with Crippen molar-refractivity contribution in [2.45, 2.75) is 13.3 Å². The van der Waals surface area contributed by atoms with Gasteiger partial charge in [0.1, 0.15) is 11.4 Å². The zero-order valence-corrected chi connectivity index (χ0v) is 16.0. The van der Waals surface area contributed by atoms with Crippen LogP contribution in [0.1, 0.15) is 12.5 Å². The van der Waals surface area contributed by atoms with Crippen LogP contribution in [0.2, 0.25) is 0 Å². The van der Waals surface area contributed by atoms with Gasteiger partial charge >= 0.3 is 5.69 Å². The fourth-order valence-corrected chi connectivity index (χ4v) is 3.47. The van der Waals surface area contributed by atoms with E-state index in [-0.39, 0.29) is 0 Å². The molecule has 2 heterocycles. The van der Waals surface area contributed by atoms with Crippen LogP contribution < -0.4 is 16.0 Å². The molecule has 0 amide bonds. The lowest BCUT2D eigenvalue weighted by Crippen LogP contribution is -2.28. The Labute approximate surface area is 161 Å². The first-order valence-corrected chi connectivity index (χ1v) is 9.12. The van der Waals surface area contributed by atoms with E-state index in [0.717, 1.165) is 34.6 Å². The topological polar surface area (TPSA) is 79.9 Å². The van der Waals surface area contributed by atoms with Crippen LogP contribution >= 0.6 is 0 Å². The summed E-state index contributed by atoms with van der Waals surface area (Å²) in [5.74, 6) is 0.735. The summed E-state index contributed by atoms with van der Waals surface area (Å²) < 4.78 is 6.68. The maximum atomic E-state index is 12.7. The normalized spacial score (nSPS) is 11.1. The Hall–Kier alpha value is -3.54. The Balaban J connectivity index is 2.07. The summed E-state index contributed by atoms with van der Waals surface area (Å²) in [5, 5.41) is 0.460. The van der Waals surface area contributed by atoms with E-state index >= 15 is 0 Å². The van der Waals surface area contributed by atoms with Gasteiger partial charge in [0.2, 0.25) is 0 Å². The van der Waals surface area contributed by atoms with Crippen molar-refractivity contribution in [3.8, 4) is 28.1 Å². The Morgan fingerprint density at radius 2 is 1.57 bits per heavy atom. The van der Waals surface area contributed by atoms with Gasteiger partial charge in [-0.25, -0.2) is 4.79 Å². The molecule has 28 heavy (non-hydrogen) atoms. The van der Waals surface area contributed by atoms with E-state index in [1.54, 1.807) is 14.2 Å². The molecule has 6 heteroatoms. The molecule has 2 aromatic carbocycles. The number of aryl methyl sites for hydroxylation is 2. The van der Waals surface area contributed by atoms with E-state index in [1.165, 1.54) is 10.1 Å². The molecule has 0 aliphatic rings. The van der Waals surface area contributed by atoms with E-state index in [2.05, 4.69) is 29.0 Å². The van der Waals surface area contributed by atoms with Gasteiger partial charge in [0.05, 0.1) is 18.2 Å². The maximum Gasteiger partial charge on any atom is 0.329 e. The van der Waals surface area contributed by atoms with Crippen molar-refractivity contribution in [3.63, 3.8) is 0 Å². The quantitative estimate of drug-likeness (QED) is 0.573. The molecule has 0 aliphatic heterocycles. The number of rotatable bonds is 4. The van der Waals surface area contributed by atoms with Crippen molar-refractivity contribution in [3.05, 3.63) is 74.9 Å². The van der Waals surface area contributed by atoms with Gasteiger partial charge in [-0.05, 0) is 35.2 Å². The highest BCUT2D eigenvalue weighted by Gasteiger charge is 2.20. The van der Waals surface area contributed by atoms with Gasteiger partial charge in [-0.1, -0.05) is 43.3 Å². The second-order valence-corrected chi connectivity index (χ2v) is 6.70. The van der Waals surface area contributed by atoms with Crippen molar-refractivity contribution >= 4 is 11.0 Å². The van der Waals surface area contributed by atoms with Gasteiger partial charge in [0, 0.05) is 12.6 Å². The minimum absolute atomic E-state index is 0.406. The molecule has 0 saturated carbocycles. The second kappa shape index (κ2) is 6.88. The van der Waals surface area contributed by atoms with E-state index in [0.29, 0.717) is 11.0 Å². The third-order valence-electron chi connectivity index (χ3n) is 5.10. The summed E-state index contributed by atoms with van der Waals surface area (Å²) in [6.45, 7) is 2.11. The summed E-state index contributed by atoms with van der Waals surface area (Å²) in [7, 11) is 3.25. The first kappa shape index (κ1) is 17.9. The monoisotopic (exact) mass is 375 g/mol. The van der Waals surface area contributed by atoms with Crippen LogP contribution in [0.15, 0.2) is 58.1 Å². The largest absolute Gasteiger partial charge is 0.497 e. The number of aromatic nitrogens is 3. The zero-order chi connectivity index (χ0) is 19.8. The van der Waals surface area contributed by atoms with Gasteiger partial charge in [0.15, 0.2) is 0 Å². The first-order chi connectivity index (χ1) is 13.5. The number of fused-ring (bicyclic) bond motifs is 1. The standard InChI is InChI=1S/C22H21N3O3/c1-4-13-5-7-15(8-6-13)19-17(14-9-11-16(28-3)12-10-14)18-20(23-19)25(2)22(27)24-21(18)26/h5-12,23H,4H2,1-3H3,(H,24,26,27). The lowest BCUT2D eigenvalue weighted by molar-refractivity contribution is 0.415. The van der Waals surface area contributed by atoms with Gasteiger partial charge in [-0.15, -0.1) is 0 Å². The molecule has 2 aromatic heterocycles. The number of benzene rings is 2. The van der Waals surface area contributed by atoms with Crippen molar-refractivity contribution in [1.29, 1.82) is 0 Å². The molecule has 0 atom stereocenters. The van der Waals surface area contributed by atoms with Crippen LogP contribution in [-0.4, -0.2) is 21.6 Å². The Kier molecular flexibility index (Phi) is 4.39. The van der Waals surface area contributed by atoms with Crippen LogP contribution in [0.5, 0.6) is 5.75 Å². The lowest BCUT2D eigenvalue weighted by atomic mass is 9.98. The van der Waals surface area contributed by atoms with Crippen molar-refractivity contribution < 1.29 is 4.74 Å². The molecule has 4 aromatic rings. The minimum Gasteiger partial charge on any atom is -0.497 e. The smallest absolute Gasteiger partial charge is 0.329 e. The van der Waals surface area contributed by atoms with E-state index < -0.39 is 11.2 Å². The van der Waals surface area contributed by atoms with Crippen LogP contribution in [0.25, 0.3) is 33.4 Å². The summed E-state index contributed by atoms with van der Waals surface area (Å²) >= 11 is 0. The molecule has 0 bridgehead atoms. The number of nitrogens with zero attached hydrogens (tertiary/aromatic N) is 1. The molecule has 0 saturated heterocycles. The number of nitrogens with one attached hydrogen (secondary N) is 2. The number of hydrogen-bond donors (Lipinski definition) is 2. The molecule has 2 N–H and O–H groups in total. The predicted octanol–water partition coefficient (Wildman–Crippen LogP) is 3.46. The third-order valence-corrected chi connectivity index (χ3v) is 5.10. The molecule has 0 fully saturated rings. The minimum atomic E-state index is -0.451. The number of hydrogen-bond acceptors (Lipinski definition) is 3. The fraction of sp³-hybridized carbons (Fsp3) is 0.182. The molecule has 0 spiro atoms. The number of H-pyrrole nitrogens is 2. The Morgan fingerprint density at radius 3 is 2.18 bits per heavy atom. The first-order valence-electron chi connectivity index (χ1n) is 9.12. The van der Waals surface area contributed by atoms with Gasteiger partial charge in [-0.3, -0.25) is 14.3 Å². The molecule has 0 aliphatic carbocycles. The zero-order valence-electron chi connectivity index (χ0n) is 16.0. The fourth-order valence-electron chi connectivity index (χ4n) is 3.47. The Bertz CT molecular complexity index is 1260. The van der Waals surface area contributed by atoms with Gasteiger partial charge in [-0.2, -0.15) is 0 Å². The highest BCUT2D eigenvalue weighted by atomic mass is 16.5. The molecular weight excluding hydrogens is 354 g/mol. The number of aromatic amines is 2. The van der Waals surface area contributed by atoms with E-state index in [1.807, 2.05) is 36.4 Å². The third kappa shape index (κ3) is 2.83. The summed E-state index contributed by atoms with van der Waals surface area (Å²) in [6.07, 6.45) is 0.951. The summed E-state index contributed by atoms with van der Waals surface area (Å²) in [4.78, 5) is 30.5. The molecular formula is C22H21N3O3. The van der Waals surface area contributed by atoms with Crippen molar-refractivity contribution in [2.24, 2.45) is 7.05 Å². The highest BCUT2D eigenvalue weighted by Crippen LogP contribution is 2.37. The lowest BCUT2D eigenvalue weighted by Gasteiger charge is -2.07. The average molecular weight is 375 g/mol. The maximum absolute atomic E-state index is 12.7. The number of methoxy groups -OCH3 is 1. The van der Waals surface area contributed by atoms with Crippen LogP contribution in [0.3, 0.4) is 0 Å². The molecule has 142 valence electrons. The number of ether oxygens (including phenoxy) is 1. The molecule has 4 rings (SSSR count). The molecule has 0 unspecified atom stereocenters. The van der Waals surface area contributed by atoms with Crippen molar-refractivity contribution in [1.82, 2.24) is 14.5 Å². The van der Waals surface area contributed by atoms with Crippen molar-refractivity contribution in [2.75, 3.05) is 7.11 Å². The summed E-state index contributed by atoms with van der Waals surface area (Å²) in [5.41, 5.74) is 4.25. The van der Waals surface area contributed by atoms with Crippen LogP contribution in [0.4, 0.5) is 0 Å². The second-order valence-electron chi connectivity index (χ2n) is 6.70. The highest BCUT2D eigenvalue weighted by molar-refractivity contribution is 6.02. The predicted molar refractivity (Wildman–Crippen MR) is 111 cm³/mol. The van der Waals surface area contributed by atoms with E-state index in [9.17, 15) is 9.59 Å². The van der Waals surface area contributed by atoms with Crippen LogP contribution in [-0.2, 0) is 13.5 Å².